The van der Waals surface area contributed by atoms with E-state index in [9.17, 15) is 0 Å². The topological polar surface area (TPSA) is 26.0 Å². The Kier molecular flexibility index (Phi) is 11.3. The number of nitrogens with two attached hydrogens (primary N) is 1. The van der Waals surface area contributed by atoms with Crippen LogP contribution in [0.3, 0.4) is 0 Å². The Morgan fingerprint density at radius 1 is 0.216 bits per heavy atom. The van der Waals surface area contributed by atoms with E-state index in [1.807, 2.05) is 0 Å². The molecule has 0 aromatic heterocycles. The van der Waals surface area contributed by atoms with Crippen molar-refractivity contribution in [1.29, 1.82) is 0 Å². The van der Waals surface area contributed by atoms with Gasteiger partial charge in [-0.25, -0.2) is 0 Å². The van der Waals surface area contributed by atoms with Gasteiger partial charge in [0.05, 0.1) is 5.41 Å². The number of nitrogen functional groups attached to an aromatic ring is 1. The molecule has 0 saturated heterocycles. The van der Waals surface area contributed by atoms with E-state index in [0.717, 1.165) is 83.6 Å². The first-order valence-corrected chi connectivity index (χ1v) is 25.5. The highest BCUT2D eigenvalue weighted by Crippen LogP contribution is 2.66. The van der Waals surface area contributed by atoms with Crippen LogP contribution in [0.1, 0.15) is 22.3 Å². The van der Waals surface area contributed by atoms with E-state index in [2.05, 4.69) is 297 Å². The molecule has 0 atom stereocenters. The summed E-state index contributed by atoms with van der Waals surface area (Å²) >= 11 is 0. The molecule has 1 aliphatic carbocycles. The molecule has 0 fully saturated rings. The van der Waals surface area contributed by atoms with Crippen molar-refractivity contribution >= 4 is 5.69 Å². The molecule has 1 aliphatic rings. The summed E-state index contributed by atoms with van der Waals surface area (Å²) < 4.78 is 0. The average molecular weight is 942 g/mol. The summed E-state index contributed by atoms with van der Waals surface area (Å²) in [6, 6.07) is 108. The second-order valence-electron chi connectivity index (χ2n) is 19.3. The number of benzene rings is 12. The zero-order valence-electron chi connectivity index (χ0n) is 40.9. The second kappa shape index (κ2) is 18.9. The van der Waals surface area contributed by atoms with Gasteiger partial charge < -0.3 is 5.73 Å². The van der Waals surface area contributed by atoms with Crippen LogP contribution in [0.4, 0.5) is 5.69 Å². The number of hydrogen-bond donors (Lipinski definition) is 1. The monoisotopic (exact) mass is 941 g/mol. The average Bonchev–Trinajstić information content (AvgIpc) is 3.83. The van der Waals surface area contributed by atoms with E-state index in [1.54, 1.807) is 0 Å². The van der Waals surface area contributed by atoms with Crippen LogP contribution in [0.25, 0.3) is 100 Å². The Bertz CT molecular complexity index is 3940. The molecule has 12 aromatic carbocycles. The molecule has 0 aliphatic heterocycles. The molecule has 1 heteroatoms. The lowest BCUT2D eigenvalue weighted by Gasteiger charge is -2.36. The van der Waals surface area contributed by atoms with E-state index < -0.39 is 5.41 Å². The SMILES string of the molecule is Nc1c(-c2cccc(-c3ccccc3)c2)c(-c2cccc(-c3ccccc3)c2)c2c(c1-c1cccc(-c3ccccc3)c1)C(c1ccccc1)(c1ccccc1)c1cccc(-c3cccc(-c4ccccc4)c3)c1-2. The van der Waals surface area contributed by atoms with E-state index in [1.165, 1.54) is 44.5 Å². The van der Waals surface area contributed by atoms with Crippen LogP contribution >= 0.6 is 0 Å². The molecule has 0 amide bonds. The molecule has 74 heavy (non-hydrogen) atoms. The zero-order chi connectivity index (χ0) is 49.4. The van der Waals surface area contributed by atoms with Gasteiger partial charge in [0.25, 0.3) is 0 Å². The number of hydrogen-bond acceptors (Lipinski definition) is 1. The quantitative estimate of drug-likeness (QED) is 0.136. The fourth-order valence-corrected chi connectivity index (χ4v) is 11.9. The molecule has 13 rings (SSSR count). The maximum atomic E-state index is 8.33. The Hall–Kier alpha value is -9.56. The molecule has 12 aromatic rings. The molecule has 0 bridgehead atoms. The zero-order valence-corrected chi connectivity index (χ0v) is 40.9. The lowest BCUT2D eigenvalue weighted by atomic mass is 9.65. The van der Waals surface area contributed by atoms with Gasteiger partial charge in [0.2, 0.25) is 0 Å². The van der Waals surface area contributed by atoms with Gasteiger partial charge in [-0.3, -0.25) is 0 Å². The van der Waals surface area contributed by atoms with Crippen molar-refractivity contribution in [3.63, 3.8) is 0 Å². The standard InChI is InChI=1S/C73H51N/c74-72-67(60-38-21-34-56(48-60)52-28-11-3-12-29-52)66(59-37-20-33-55(47-59)51-26-9-2-10-27-51)70-69-64(58-36-19-32-54(46-58)50-24-7-1-8-25-50)44-23-45-65(69)73(62-40-15-5-16-41-62,63-42-17-6-18-43-63)71(70)68(72)61-39-22-35-57(49-61)53-30-13-4-14-31-53/h1-49H,74H2. The first-order chi connectivity index (χ1) is 36.6. The highest BCUT2D eigenvalue weighted by Gasteiger charge is 2.51. The third kappa shape index (κ3) is 7.57. The predicted molar refractivity (Wildman–Crippen MR) is 312 cm³/mol. The van der Waals surface area contributed by atoms with E-state index in [0.29, 0.717) is 0 Å². The van der Waals surface area contributed by atoms with Crippen molar-refractivity contribution in [2.75, 3.05) is 5.73 Å². The van der Waals surface area contributed by atoms with Crippen LogP contribution in [0.15, 0.2) is 297 Å². The van der Waals surface area contributed by atoms with Gasteiger partial charge in [0, 0.05) is 16.8 Å². The predicted octanol–water partition coefficient (Wildman–Crippen LogP) is 19.0. The normalized spacial score (nSPS) is 12.2. The van der Waals surface area contributed by atoms with Gasteiger partial charge >= 0.3 is 0 Å². The van der Waals surface area contributed by atoms with Crippen LogP contribution in [-0.4, -0.2) is 0 Å². The molecule has 0 radical (unpaired) electrons. The van der Waals surface area contributed by atoms with Crippen LogP contribution in [0.2, 0.25) is 0 Å². The minimum absolute atomic E-state index is 0.732. The van der Waals surface area contributed by atoms with Gasteiger partial charge in [0.15, 0.2) is 0 Å². The Labute approximate surface area is 434 Å². The molecule has 0 saturated carbocycles. The van der Waals surface area contributed by atoms with Gasteiger partial charge in [-0.05, 0) is 136 Å². The van der Waals surface area contributed by atoms with Crippen molar-refractivity contribution < 1.29 is 0 Å². The molecular formula is C73H51N. The van der Waals surface area contributed by atoms with E-state index >= 15 is 0 Å². The second-order valence-corrected chi connectivity index (χ2v) is 19.3. The maximum absolute atomic E-state index is 8.33. The Morgan fingerprint density at radius 2 is 0.527 bits per heavy atom. The van der Waals surface area contributed by atoms with E-state index in [4.69, 9.17) is 5.73 Å². The first-order valence-electron chi connectivity index (χ1n) is 25.5. The lowest BCUT2D eigenvalue weighted by Crippen LogP contribution is -2.29. The molecule has 0 heterocycles. The number of rotatable bonds is 10. The summed E-state index contributed by atoms with van der Waals surface area (Å²) in [6.45, 7) is 0. The third-order valence-corrected chi connectivity index (χ3v) is 15.1. The minimum Gasteiger partial charge on any atom is -0.398 e. The minimum atomic E-state index is -0.831. The number of fused-ring (bicyclic) bond motifs is 3. The fourth-order valence-electron chi connectivity index (χ4n) is 11.9. The smallest absolute Gasteiger partial charge is 0.0720 e. The summed E-state index contributed by atoms with van der Waals surface area (Å²) in [4.78, 5) is 0. The van der Waals surface area contributed by atoms with Crippen molar-refractivity contribution in [1.82, 2.24) is 0 Å². The number of anilines is 1. The highest BCUT2D eigenvalue weighted by atomic mass is 14.6. The van der Waals surface area contributed by atoms with Crippen molar-refractivity contribution in [2.24, 2.45) is 0 Å². The first kappa shape index (κ1) is 44.4. The van der Waals surface area contributed by atoms with Gasteiger partial charge in [0.1, 0.15) is 0 Å². The molecule has 0 spiro atoms. The molecule has 348 valence electrons. The third-order valence-electron chi connectivity index (χ3n) is 15.1. The van der Waals surface area contributed by atoms with E-state index in [-0.39, 0.29) is 0 Å². The Morgan fingerprint density at radius 3 is 0.946 bits per heavy atom. The van der Waals surface area contributed by atoms with Gasteiger partial charge in [-0.2, -0.15) is 0 Å². The summed E-state index contributed by atoms with van der Waals surface area (Å²) in [5.41, 5.74) is 33.1. The van der Waals surface area contributed by atoms with Gasteiger partial charge in [-0.1, -0.05) is 273 Å². The lowest BCUT2D eigenvalue weighted by molar-refractivity contribution is 0.771. The van der Waals surface area contributed by atoms with Crippen LogP contribution < -0.4 is 5.73 Å². The van der Waals surface area contributed by atoms with Crippen molar-refractivity contribution in [2.45, 2.75) is 5.41 Å². The van der Waals surface area contributed by atoms with Crippen molar-refractivity contribution in [3.05, 3.63) is 320 Å². The fraction of sp³-hybridized carbons (Fsp3) is 0.0137. The molecule has 1 nitrogen and oxygen atoms in total. The highest BCUT2D eigenvalue weighted by molar-refractivity contribution is 6.14. The largest absolute Gasteiger partial charge is 0.398 e. The Balaban J connectivity index is 1.26. The van der Waals surface area contributed by atoms with Crippen molar-refractivity contribution in [3.8, 4) is 100 Å². The van der Waals surface area contributed by atoms with Crippen LogP contribution in [-0.2, 0) is 5.41 Å². The summed E-state index contributed by atoms with van der Waals surface area (Å²) in [5.74, 6) is 0. The van der Waals surface area contributed by atoms with Gasteiger partial charge in [-0.15, -0.1) is 0 Å². The van der Waals surface area contributed by atoms with Crippen LogP contribution in [0.5, 0.6) is 0 Å². The molecule has 0 unspecified atom stereocenters. The maximum Gasteiger partial charge on any atom is 0.0720 e. The molecule has 2 N–H and O–H groups in total. The van der Waals surface area contributed by atoms with Crippen LogP contribution in [0, 0.1) is 0 Å². The summed E-state index contributed by atoms with van der Waals surface area (Å²) in [6.07, 6.45) is 0. The molecular weight excluding hydrogens is 891 g/mol. The summed E-state index contributed by atoms with van der Waals surface area (Å²) in [5, 5.41) is 0. The summed E-state index contributed by atoms with van der Waals surface area (Å²) in [7, 11) is 0.